The first kappa shape index (κ1) is 24.1. The van der Waals surface area contributed by atoms with E-state index in [0.717, 1.165) is 44.7 Å². The largest absolute Gasteiger partial charge is 0.872 e. The molecule has 0 unspecified atom stereocenters. The van der Waals surface area contributed by atoms with E-state index in [1.54, 1.807) is 12.2 Å². The molecular weight excluding hydrogens is 472 g/mol. The number of hydrogen-bond donors (Lipinski definition) is 0. The number of carbonyl (C=O) groups excluding carboxylic acids is 1. The summed E-state index contributed by atoms with van der Waals surface area (Å²) in [6, 6.07) is 20.4. The van der Waals surface area contributed by atoms with Gasteiger partial charge in [-0.05, 0) is 51.8 Å². The topological polar surface area (TPSA) is 69.7 Å². The first-order valence-electron chi connectivity index (χ1n) is 12.9. The molecule has 0 fully saturated rings. The zero-order valence-electron chi connectivity index (χ0n) is 22.5. The molecule has 3 aliphatic rings. The van der Waals surface area contributed by atoms with Crippen molar-refractivity contribution in [2.75, 3.05) is 23.9 Å². The SMILES string of the molecule is CN1/C(=C\C2=C([O-])C(=O)C(/C=C3\N(C)c4ccc5ccccc5c4C3(C)C)=C2[O-])C(C)(C)c2ccccc21. The second-order valence-electron chi connectivity index (χ2n) is 11.4. The van der Waals surface area contributed by atoms with Crippen LogP contribution in [0.4, 0.5) is 11.4 Å². The number of allylic oxidation sites excluding steroid dienone is 5. The number of hydrogen-bond acceptors (Lipinski definition) is 5. The van der Waals surface area contributed by atoms with Crippen molar-refractivity contribution in [3.63, 3.8) is 0 Å². The number of rotatable bonds is 2. The number of likely N-dealkylation sites (N-methyl/N-ethyl adjacent to an activating group) is 2. The minimum absolute atomic E-state index is 0.0639. The molecule has 0 radical (unpaired) electrons. The molecule has 0 amide bonds. The van der Waals surface area contributed by atoms with Gasteiger partial charge in [-0.25, -0.2) is 0 Å². The Labute approximate surface area is 223 Å². The first-order chi connectivity index (χ1) is 18.0. The van der Waals surface area contributed by atoms with Crippen molar-refractivity contribution < 1.29 is 15.0 Å². The molecule has 0 saturated heterocycles. The van der Waals surface area contributed by atoms with Crippen LogP contribution < -0.4 is 20.0 Å². The van der Waals surface area contributed by atoms with Crippen LogP contribution in [0.15, 0.2) is 107 Å². The van der Waals surface area contributed by atoms with E-state index in [2.05, 4.69) is 58.0 Å². The molecule has 0 atom stereocenters. The van der Waals surface area contributed by atoms with Crippen molar-refractivity contribution in [3.05, 3.63) is 118 Å². The van der Waals surface area contributed by atoms with Gasteiger partial charge in [0.05, 0.1) is 0 Å². The fourth-order valence-electron chi connectivity index (χ4n) is 6.54. The van der Waals surface area contributed by atoms with Crippen molar-refractivity contribution in [1.82, 2.24) is 0 Å². The molecule has 192 valence electrons. The summed E-state index contributed by atoms with van der Waals surface area (Å²) in [6.07, 6.45) is 3.26. The Morgan fingerprint density at radius 1 is 0.684 bits per heavy atom. The van der Waals surface area contributed by atoms with E-state index < -0.39 is 28.1 Å². The van der Waals surface area contributed by atoms with Crippen molar-refractivity contribution in [2.24, 2.45) is 0 Å². The molecule has 0 saturated carbocycles. The number of anilines is 2. The monoisotopic (exact) mass is 502 g/mol. The molecule has 2 aliphatic heterocycles. The highest BCUT2D eigenvalue weighted by atomic mass is 16.3. The summed E-state index contributed by atoms with van der Waals surface area (Å²) in [5.41, 5.74) is 4.93. The minimum Gasteiger partial charge on any atom is -0.872 e. The van der Waals surface area contributed by atoms with Crippen LogP contribution in [0.2, 0.25) is 0 Å². The Morgan fingerprint density at radius 2 is 1.29 bits per heavy atom. The number of carbonyl (C=O) groups is 1. The molecule has 5 heteroatoms. The molecule has 38 heavy (non-hydrogen) atoms. The summed E-state index contributed by atoms with van der Waals surface area (Å²) in [5, 5.41) is 29.1. The van der Waals surface area contributed by atoms with E-state index in [1.165, 1.54) is 0 Å². The molecule has 0 aromatic heterocycles. The number of para-hydroxylation sites is 1. The van der Waals surface area contributed by atoms with E-state index in [9.17, 15) is 15.0 Å². The maximum absolute atomic E-state index is 13.7. The molecule has 0 bridgehead atoms. The van der Waals surface area contributed by atoms with Gasteiger partial charge in [0.25, 0.3) is 0 Å². The van der Waals surface area contributed by atoms with E-state index in [4.69, 9.17) is 0 Å². The van der Waals surface area contributed by atoms with Gasteiger partial charge < -0.3 is 20.0 Å². The second-order valence-corrected chi connectivity index (χ2v) is 11.4. The molecule has 3 aromatic rings. The van der Waals surface area contributed by atoms with Gasteiger partial charge in [-0.1, -0.05) is 87.7 Å². The summed E-state index contributed by atoms with van der Waals surface area (Å²) < 4.78 is 0. The van der Waals surface area contributed by atoms with Gasteiger partial charge in [-0.2, -0.15) is 0 Å². The molecule has 3 aromatic carbocycles. The fraction of sp³-hybridized carbons (Fsp3) is 0.242. The summed E-state index contributed by atoms with van der Waals surface area (Å²) in [6.45, 7) is 8.33. The number of ketones is 1. The van der Waals surface area contributed by atoms with Crippen molar-refractivity contribution in [1.29, 1.82) is 0 Å². The van der Waals surface area contributed by atoms with Crippen LogP contribution in [0.25, 0.3) is 10.8 Å². The average Bonchev–Trinajstić information content (AvgIpc) is 3.31. The predicted octanol–water partition coefficient (Wildman–Crippen LogP) is 4.57. The third-order valence-corrected chi connectivity index (χ3v) is 8.58. The summed E-state index contributed by atoms with van der Waals surface area (Å²) in [7, 11) is 3.87. The lowest BCUT2D eigenvalue weighted by atomic mass is 9.80. The van der Waals surface area contributed by atoms with Gasteiger partial charge in [-0.15, -0.1) is 0 Å². The Bertz CT molecular complexity index is 1680. The zero-order valence-corrected chi connectivity index (χ0v) is 22.5. The van der Waals surface area contributed by atoms with Crippen LogP contribution in [-0.2, 0) is 15.6 Å². The van der Waals surface area contributed by atoms with E-state index in [1.807, 2.05) is 54.2 Å². The van der Waals surface area contributed by atoms with Crippen LogP contribution in [0.3, 0.4) is 0 Å². The standard InChI is InChI=1S/C33H32N2O3/c1-32(2)23-13-9-10-14-24(23)34(5)26(32)17-21-29(36)22(31(38)30(21)37)18-27-33(3,4)28-20-12-8-7-11-19(20)15-16-25(28)35(27)6/h7-18,36H,1-6H3,(H,37,38)/p-2/b26-17-,27-18-. The molecule has 0 spiro atoms. The summed E-state index contributed by atoms with van der Waals surface area (Å²) >= 11 is 0. The summed E-state index contributed by atoms with van der Waals surface area (Å²) in [5.74, 6) is -1.99. The van der Waals surface area contributed by atoms with E-state index in [-0.39, 0.29) is 11.1 Å². The lowest BCUT2D eigenvalue weighted by Gasteiger charge is -2.26. The molecule has 6 rings (SSSR count). The Balaban J connectivity index is 1.46. The maximum Gasteiger partial charge on any atom is 0.178 e. The third kappa shape index (κ3) is 3.08. The smallest absolute Gasteiger partial charge is 0.178 e. The highest BCUT2D eigenvalue weighted by molar-refractivity contribution is 6.13. The van der Waals surface area contributed by atoms with Gasteiger partial charge in [0.1, 0.15) is 0 Å². The van der Waals surface area contributed by atoms with E-state index >= 15 is 0 Å². The van der Waals surface area contributed by atoms with Crippen LogP contribution in [0, 0.1) is 0 Å². The number of fused-ring (bicyclic) bond motifs is 4. The second kappa shape index (κ2) is 7.87. The molecule has 5 nitrogen and oxygen atoms in total. The van der Waals surface area contributed by atoms with Gasteiger partial charge in [-0.3, -0.25) is 4.79 Å². The summed E-state index contributed by atoms with van der Waals surface area (Å²) in [4.78, 5) is 17.2. The third-order valence-electron chi connectivity index (χ3n) is 8.58. The van der Waals surface area contributed by atoms with Crippen LogP contribution in [-0.4, -0.2) is 19.9 Å². The van der Waals surface area contributed by atoms with E-state index in [0.29, 0.717) is 0 Å². The average molecular weight is 503 g/mol. The molecular formula is C33H30N2O3-2. The Kier molecular flexibility index (Phi) is 5.00. The first-order valence-corrected chi connectivity index (χ1v) is 12.9. The Hall–Kier alpha value is -4.25. The van der Waals surface area contributed by atoms with Crippen LogP contribution >= 0.6 is 0 Å². The fourth-order valence-corrected chi connectivity index (χ4v) is 6.54. The number of nitrogens with zero attached hydrogens (tertiary/aromatic N) is 2. The van der Waals surface area contributed by atoms with Gasteiger partial charge >= 0.3 is 0 Å². The number of Topliss-reactive ketones (excluding diaryl/α,β-unsaturated/α-hetero) is 1. The number of benzene rings is 3. The van der Waals surface area contributed by atoms with Gasteiger partial charge in [0, 0.05) is 53.3 Å². The van der Waals surface area contributed by atoms with Crippen LogP contribution in [0.5, 0.6) is 0 Å². The lowest BCUT2D eigenvalue weighted by molar-refractivity contribution is -0.308. The quantitative estimate of drug-likeness (QED) is 0.513. The zero-order chi connectivity index (χ0) is 27.1. The molecule has 2 heterocycles. The van der Waals surface area contributed by atoms with Gasteiger partial charge in [0.2, 0.25) is 0 Å². The normalized spacial score (nSPS) is 21.9. The lowest BCUT2D eigenvalue weighted by Crippen LogP contribution is -2.24. The predicted molar refractivity (Wildman–Crippen MR) is 148 cm³/mol. The molecule has 0 N–H and O–H groups in total. The highest BCUT2D eigenvalue weighted by Gasteiger charge is 2.41. The van der Waals surface area contributed by atoms with Crippen molar-refractivity contribution in [3.8, 4) is 0 Å². The van der Waals surface area contributed by atoms with Crippen molar-refractivity contribution >= 4 is 27.9 Å². The van der Waals surface area contributed by atoms with Crippen molar-refractivity contribution in [2.45, 2.75) is 38.5 Å². The maximum atomic E-state index is 13.7. The highest BCUT2D eigenvalue weighted by Crippen LogP contribution is 2.51. The van der Waals surface area contributed by atoms with Crippen LogP contribution in [0.1, 0.15) is 38.8 Å². The molecule has 1 aliphatic carbocycles. The van der Waals surface area contributed by atoms with Gasteiger partial charge in [0.15, 0.2) is 5.78 Å². The Morgan fingerprint density at radius 3 is 2.03 bits per heavy atom. The minimum atomic E-state index is -0.740.